The van der Waals surface area contributed by atoms with E-state index in [-0.39, 0.29) is 24.5 Å². The van der Waals surface area contributed by atoms with Crippen molar-refractivity contribution < 1.29 is 24.4 Å². The molecule has 0 aliphatic carbocycles. The molecular formula is C32H33BClN5O5. The Bertz CT molecular complexity index is 1690. The summed E-state index contributed by atoms with van der Waals surface area (Å²) in [6.45, 7) is 4.57. The van der Waals surface area contributed by atoms with Crippen LogP contribution in [-0.2, 0) is 16.0 Å². The lowest BCUT2D eigenvalue weighted by Gasteiger charge is -2.15. The van der Waals surface area contributed by atoms with Crippen molar-refractivity contribution in [2.45, 2.75) is 45.6 Å². The smallest absolute Gasteiger partial charge is 0.488 e. The van der Waals surface area contributed by atoms with Gasteiger partial charge in [0.25, 0.3) is 0 Å². The number of hydrogen-bond donors (Lipinski definition) is 3. The quantitative estimate of drug-likeness (QED) is 0.165. The van der Waals surface area contributed by atoms with E-state index in [1.165, 1.54) is 0 Å². The molecule has 0 saturated carbocycles. The van der Waals surface area contributed by atoms with Gasteiger partial charge in [0, 0.05) is 35.5 Å². The third-order valence-electron chi connectivity index (χ3n) is 7.29. The largest absolute Gasteiger partial charge is 0.494 e. The van der Waals surface area contributed by atoms with Crippen LogP contribution in [0, 0.1) is 6.92 Å². The molecule has 4 aromatic rings. The lowest BCUT2D eigenvalue weighted by atomic mass is 9.79. The number of rotatable bonds is 12. The maximum Gasteiger partial charge on any atom is 0.488 e. The second-order valence-electron chi connectivity index (χ2n) is 10.6. The fourth-order valence-electron chi connectivity index (χ4n) is 5.22. The summed E-state index contributed by atoms with van der Waals surface area (Å²) < 4.78 is 8.02. The Hall–Kier alpha value is -4.32. The van der Waals surface area contributed by atoms with Gasteiger partial charge >= 0.3 is 7.12 Å². The van der Waals surface area contributed by atoms with Crippen LogP contribution in [0.3, 0.4) is 0 Å². The summed E-state index contributed by atoms with van der Waals surface area (Å²) in [7, 11) is -1.57. The zero-order valence-electron chi connectivity index (χ0n) is 24.5. The first-order valence-electron chi connectivity index (χ1n) is 14.5. The first-order valence-corrected chi connectivity index (χ1v) is 14.9. The minimum absolute atomic E-state index is 0.0334. The Morgan fingerprint density at radius 2 is 1.86 bits per heavy atom. The van der Waals surface area contributed by atoms with Crippen molar-refractivity contribution in [3.63, 3.8) is 0 Å². The normalized spacial score (nSPS) is 13.8. The summed E-state index contributed by atoms with van der Waals surface area (Å²) in [5.74, 6) is 1.75. The summed E-state index contributed by atoms with van der Waals surface area (Å²) in [5, 5.41) is 30.9. The average Bonchev–Trinajstić information content (AvgIpc) is 3.33. The van der Waals surface area contributed by atoms with Crippen LogP contribution in [-0.4, -0.2) is 62.5 Å². The molecule has 44 heavy (non-hydrogen) atoms. The van der Waals surface area contributed by atoms with Crippen LogP contribution in [0.4, 0.5) is 0 Å². The number of aliphatic imine (C=N–C) groups is 1. The van der Waals surface area contributed by atoms with Crippen molar-refractivity contribution >= 4 is 41.6 Å². The van der Waals surface area contributed by atoms with Gasteiger partial charge in [-0.15, -0.1) is 10.2 Å². The molecule has 226 valence electrons. The number of ketones is 1. The zero-order valence-corrected chi connectivity index (χ0v) is 25.3. The van der Waals surface area contributed by atoms with E-state index in [0.29, 0.717) is 59.6 Å². The molecule has 0 fully saturated rings. The van der Waals surface area contributed by atoms with Gasteiger partial charge in [-0.05, 0) is 61.6 Å². The van der Waals surface area contributed by atoms with E-state index in [1.54, 1.807) is 36.4 Å². The third-order valence-corrected chi connectivity index (χ3v) is 7.54. The molecule has 1 aliphatic rings. The maximum atomic E-state index is 12.7. The highest BCUT2D eigenvalue weighted by Crippen LogP contribution is 2.34. The number of carbonyl (C=O) groups excluding carboxylic acids is 2. The first-order chi connectivity index (χ1) is 21.2. The molecule has 0 saturated heterocycles. The van der Waals surface area contributed by atoms with Gasteiger partial charge in [-0.25, -0.2) is 0 Å². The van der Waals surface area contributed by atoms with E-state index < -0.39 is 13.2 Å². The molecule has 1 atom stereocenters. The zero-order chi connectivity index (χ0) is 31.2. The number of fused-ring (bicyclic) bond motifs is 3. The number of Topliss-reactive ketones (excluding diaryl/α,β-unsaturated/α-hetero) is 1. The van der Waals surface area contributed by atoms with Crippen LogP contribution in [0.15, 0.2) is 71.7 Å². The lowest BCUT2D eigenvalue weighted by molar-refractivity contribution is -0.121. The summed E-state index contributed by atoms with van der Waals surface area (Å²) in [6, 6.07) is 19.2. The van der Waals surface area contributed by atoms with Gasteiger partial charge in [-0.2, -0.15) is 0 Å². The monoisotopic (exact) mass is 613 g/mol. The van der Waals surface area contributed by atoms with Crippen molar-refractivity contribution in [3.8, 4) is 11.4 Å². The second kappa shape index (κ2) is 14.0. The molecule has 5 rings (SSSR count). The number of halogens is 1. The van der Waals surface area contributed by atoms with Gasteiger partial charge in [-0.1, -0.05) is 48.0 Å². The number of nitrogens with one attached hydrogen (secondary N) is 1. The van der Waals surface area contributed by atoms with E-state index in [9.17, 15) is 19.6 Å². The molecule has 10 nitrogen and oxygen atoms in total. The molecular weight excluding hydrogens is 581 g/mol. The second-order valence-corrected chi connectivity index (χ2v) is 11.0. The molecule has 1 aromatic heterocycles. The van der Waals surface area contributed by atoms with Crippen LogP contribution in [0.1, 0.15) is 60.6 Å². The summed E-state index contributed by atoms with van der Waals surface area (Å²) in [5.41, 5.74) is 4.19. The Labute approximate surface area is 260 Å². The van der Waals surface area contributed by atoms with E-state index in [2.05, 4.69) is 15.5 Å². The van der Waals surface area contributed by atoms with Crippen LogP contribution in [0.5, 0.6) is 5.75 Å². The van der Waals surface area contributed by atoms with Gasteiger partial charge < -0.3 is 20.1 Å². The van der Waals surface area contributed by atoms with Gasteiger partial charge in [0.05, 0.1) is 24.4 Å². The number of nitrogens with zero attached hydrogens (tertiary/aromatic N) is 4. The predicted octanol–water partition coefficient (Wildman–Crippen LogP) is 3.30. The molecule has 3 N–H and O–H groups in total. The number of hydrogen-bond acceptors (Lipinski definition) is 8. The minimum Gasteiger partial charge on any atom is -0.494 e. The van der Waals surface area contributed by atoms with Crippen molar-refractivity contribution in [3.05, 3.63) is 100 Å². The number of carbonyl (C=O) groups is 2. The SMILES string of the molecule is CCNC(=O)C[C@@H]1N=C(c2ccc(Cl)cc2)c2cc(OCCCC(=O)Cc3cccc(B(O)O)c3)ccc2-n2c(C)nnc21. The van der Waals surface area contributed by atoms with E-state index in [0.717, 1.165) is 22.4 Å². The molecule has 0 radical (unpaired) electrons. The van der Waals surface area contributed by atoms with Gasteiger partial charge in [0.1, 0.15) is 23.4 Å². The molecule has 0 spiro atoms. The molecule has 3 aromatic carbocycles. The van der Waals surface area contributed by atoms with E-state index in [4.69, 9.17) is 21.3 Å². The van der Waals surface area contributed by atoms with Crippen molar-refractivity contribution in [2.75, 3.05) is 13.2 Å². The number of amides is 1. The average molecular weight is 614 g/mol. The van der Waals surface area contributed by atoms with Crippen LogP contribution in [0.2, 0.25) is 5.02 Å². The van der Waals surface area contributed by atoms with Crippen molar-refractivity contribution in [2.24, 2.45) is 4.99 Å². The van der Waals surface area contributed by atoms with Crippen LogP contribution < -0.4 is 15.5 Å². The van der Waals surface area contributed by atoms with Gasteiger partial charge in [0.2, 0.25) is 5.91 Å². The van der Waals surface area contributed by atoms with E-state index >= 15 is 0 Å². The highest BCUT2D eigenvalue weighted by molar-refractivity contribution is 6.58. The van der Waals surface area contributed by atoms with Crippen LogP contribution in [0.25, 0.3) is 5.69 Å². The summed E-state index contributed by atoms with van der Waals surface area (Å²) >= 11 is 6.20. The van der Waals surface area contributed by atoms with Crippen molar-refractivity contribution in [1.29, 1.82) is 0 Å². The summed E-state index contributed by atoms with van der Waals surface area (Å²) in [4.78, 5) is 30.3. The molecule has 1 aliphatic heterocycles. The minimum atomic E-state index is -1.57. The van der Waals surface area contributed by atoms with Crippen LogP contribution >= 0.6 is 11.6 Å². The van der Waals surface area contributed by atoms with Crippen molar-refractivity contribution in [1.82, 2.24) is 20.1 Å². The van der Waals surface area contributed by atoms with Gasteiger partial charge in [0.15, 0.2) is 5.82 Å². The molecule has 2 heterocycles. The Morgan fingerprint density at radius 3 is 2.61 bits per heavy atom. The topological polar surface area (TPSA) is 139 Å². The fourth-order valence-corrected chi connectivity index (χ4v) is 5.35. The Morgan fingerprint density at radius 1 is 1.07 bits per heavy atom. The standard InChI is InChI=1S/C32H33BClN5O5/c1-3-35-30(41)19-28-32-38-37-20(2)39(32)29-14-13-26(18-27(29)31(36-28)22-9-11-24(34)12-10-22)44-15-5-8-25(40)17-21-6-4-7-23(16-21)33(42)43/h4,6-7,9-14,16,18,28,42-43H,3,5,8,15,17,19H2,1-2H3,(H,35,41)/t28-/m0/s1. The number of ether oxygens (including phenoxy) is 1. The molecule has 0 unspecified atom stereocenters. The summed E-state index contributed by atoms with van der Waals surface area (Å²) in [6.07, 6.45) is 1.15. The van der Waals surface area contributed by atoms with E-state index in [1.807, 2.05) is 48.7 Å². The Balaban J connectivity index is 1.37. The fraction of sp³-hybridized carbons (Fsp3) is 0.281. The first kappa shape index (κ1) is 31.1. The molecule has 0 bridgehead atoms. The van der Waals surface area contributed by atoms with Gasteiger partial charge in [-0.3, -0.25) is 19.1 Å². The molecule has 12 heteroatoms. The maximum absolute atomic E-state index is 12.7. The third kappa shape index (κ3) is 7.24. The Kier molecular flexibility index (Phi) is 9.89. The predicted molar refractivity (Wildman–Crippen MR) is 169 cm³/mol. The number of aryl methyl sites for hydroxylation is 1. The molecule has 1 amide bonds. The number of benzene rings is 3. The highest BCUT2D eigenvalue weighted by Gasteiger charge is 2.30. The lowest BCUT2D eigenvalue weighted by Crippen LogP contribution is -2.30. The highest BCUT2D eigenvalue weighted by atomic mass is 35.5. The number of aromatic nitrogens is 3.